The van der Waals surface area contributed by atoms with Crippen molar-refractivity contribution in [2.45, 2.75) is 25.1 Å². The lowest BCUT2D eigenvalue weighted by Crippen LogP contribution is -2.25. The summed E-state index contributed by atoms with van der Waals surface area (Å²) in [5.41, 5.74) is 2.92. The third-order valence-electron chi connectivity index (χ3n) is 4.66. The van der Waals surface area contributed by atoms with Gasteiger partial charge < -0.3 is 5.32 Å². The molecule has 0 aromatic heterocycles. The predicted molar refractivity (Wildman–Crippen MR) is 116 cm³/mol. The van der Waals surface area contributed by atoms with Crippen LogP contribution >= 0.6 is 35.0 Å². The van der Waals surface area contributed by atoms with Crippen LogP contribution in [0.5, 0.6) is 0 Å². The van der Waals surface area contributed by atoms with Crippen molar-refractivity contribution < 1.29 is 4.79 Å². The van der Waals surface area contributed by atoms with Gasteiger partial charge in [0.25, 0.3) is 5.91 Å². The maximum Gasteiger partial charge on any atom is 0.251 e. The van der Waals surface area contributed by atoms with E-state index in [0.29, 0.717) is 22.2 Å². The second kappa shape index (κ2) is 10.4. The van der Waals surface area contributed by atoms with E-state index < -0.39 is 0 Å². The number of hydrogen-bond acceptors (Lipinski definition) is 3. The van der Waals surface area contributed by atoms with E-state index in [-0.39, 0.29) is 5.91 Å². The molecular weight excluding hydrogens is 399 g/mol. The summed E-state index contributed by atoms with van der Waals surface area (Å²) < 4.78 is 0. The first kappa shape index (κ1) is 20.5. The first-order valence-corrected chi connectivity index (χ1v) is 11.1. The average molecular weight is 423 g/mol. The standard InChI is InChI=1S/C21H24Cl2N2OS/c22-19-4-3-5-20(23)18(19)15-27-13-10-24-21(26)17-8-6-16(7-9-17)14-25-11-1-2-12-25/h3-9H,1-2,10-15H2,(H,24,26). The molecule has 3 nitrogen and oxygen atoms in total. The minimum absolute atomic E-state index is 0.0286. The summed E-state index contributed by atoms with van der Waals surface area (Å²) in [5.74, 6) is 1.51. The van der Waals surface area contributed by atoms with Gasteiger partial charge in [-0.25, -0.2) is 0 Å². The fourth-order valence-corrected chi connectivity index (χ4v) is 4.74. The van der Waals surface area contributed by atoms with Crippen molar-refractivity contribution in [2.75, 3.05) is 25.4 Å². The SMILES string of the molecule is O=C(NCCSCc1c(Cl)cccc1Cl)c1ccc(CN2CCCC2)cc1. The molecule has 27 heavy (non-hydrogen) atoms. The summed E-state index contributed by atoms with van der Waals surface area (Å²) in [6.45, 7) is 3.95. The summed E-state index contributed by atoms with van der Waals surface area (Å²) in [4.78, 5) is 14.7. The lowest BCUT2D eigenvalue weighted by molar-refractivity contribution is 0.0956. The molecule has 1 fully saturated rings. The number of amides is 1. The lowest BCUT2D eigenvalue weighted by atomic mass is 10.1. The molecule has 0 spiro atoms. The first-order chi connectivity index (χ1) is 13.1. The Balaban J connectivity index is 1.38. The number of likely N-dealkylation sites (tertiary alicyclic amines) is 1. The highest BCUT2D eigenvalue weighted by Gasteiger charge is 2.12. The summed E-state index contributed by atoms with van der Waals surface area (Å²) in [6, 6.07) is 13.5. The Bertz CT molecular complexity index is 741. The molecule has 0 aliphatic carbocycles. The Labute approximate surface area is 175 Å². The van der Waals surface area contributed by atoms with Gasteiger partial charge in [0.05, 0.1) is 0 Å². The van der Waals surface area contributed by atoms with Crippen molar-refractivity contribution in [2.24, 2.45) is 0 Å². The van der Waals surface area contributed by atoms with Crippen LogP contribution in [0, 0.1) is 0 Å². The highest BCUT2D eigenvalue weighted by Crippen LogP contribution is 2.28. The van der Waals surface area contributed by atoms with Gasteiger partial charge in [-0.05, 0) is 61.3 Å². The molecule has 0 unspecified atom stereocenters. The zero-order valence-corrected chi connectivity index (χ0v) is 17.5. The number of nitrogens with one attached hydrogen (secondary N) is 1. The van der Waals surface area contributed by atoms with E-state index >= 15 is 0 Å². The van der Waals surface area contributed by atoms with Crippen molar-refractivity contribution in [3.05, 3.63) is 69.2 Å². The molecule has 1 amide bonds. The molecule has 144 valence electrons. The van der Waals surface area contributed by atoms with E-state index in [1.165, 1.54) is 31.5 Å². The van der Waals surface area contributed by atoms with E-state index in [0.717, 1.165) is 23.6 Å². The lowest BCUT2D eigenvalue weighted by Gasteiger charge is -2.14. The monoisotopic (exact) mass is 422 g/mol. The molecule has 1 saturated heterocycles. The molecule has 0 bridgehead atoms. The first-order valence-electron chi connectivity index (χ1n) is 9.23. The Morgan fingerprint density at radius 3 is 2.37 bits per heavy atom. The van der Waals surface area contributed by atoms with Gasteiger partial charge >= 0.3 is 0 Å². The van der Waals surface area contributed by atoms with E-state index in [1.807, 2.05) is 30.3 Å². The quantitative estimate of drug-likeness (QED) is 0.589. The molecule has 2 aromatic rings. The predicted octanol–water partition coefficient (Wildman–Crippen LogP) is 5.25. The highest BCUT2D eigenvalue weighted by molar-refractivity contribution is 7.98. The third kappa shape index (κ3) is 6.15. The van der Waals surface area contributed by atoms with E-state index in [2.05, 4.69) is 22.3 Å². The Morgan fingerprint density at radius 1 is 1.04 bits per heavy atom. The average Bonchev–Trinajstić information content (AvgIpc) is 3.17. The number of rotatable bonds is 8. The van der Waals surface area contributed by atoms with E-state index in [9.17, 15) is 4.79 Å². The summed E-state index contributed by atoms with van der Waals surface area (Å²) in [5, 5.41) is 4.35. The topological polar surface area (TPSA) is 32.3 Å². The summed E-state index contributed by atoms with van der Waals surface area (Å²) >= 11 is 14.0. The van der Waals surface area contributed by atoms with Gasteiger partial charge in [-0.2, -0.15) is 11.8 Å². The normalized spacial score (nSPS) is 14.4. The Morgan fingerprint density at radius 2 is 1.70 bits per heavy atom. The van der Waals surface area contributed by atoms with Crippen LogP contribution in [0.4, 0.5) is 0 Å². The van der Waals surface area contributed by atoms with Gasteiger partial charge in [0.15, 0.2) is 0 Å². The molecular formula is C21H24Cl2N2OS. The van der Waals surface area contributed by atoms with Crippen LogP contribution in [0.25, 0.3) is 0 Å². The zero-order chi connectivity index (χ0) is 19.1. The zero-order valence-electron chi connectivity index (χ0n) is 15.2. The smallest absolute Gasteiger partial charge is 0.251 e. The van der Waals surface area contributed by atoms with Crippen LogP contribution in [0.2, 0.25) is 10.0 Å². The fourth-order valence-electron chi connectivity index (χ4n) is 3.14. The maximum atomic E-state index is 12.3. The van der Waals surface area contributed by atoms with Gasteiger partial charge in [-0.15, -0.1) is 0 Å². The molecule has 0 saturated carbocycles. The van der Waals surface area contributed by atoms with Crippen LogP contribution < -0.4 is 5.32 Å². The summed E-state index contributed by atoms with van der Waals surface area (Å²) in [7, 11) is 0. The van der Waals surface area contributed by atoms with Crippen LogP contribution in [0.15, 0.2) is 42.5 Å². The van der Waals surface area contributed by atoms with Crippen LogP contribution in [0.3, 0.4) is 0 Å². The summed E-state index contributed by atoms with van der Waals surface area (Å²) in [6.07, 6.45) is 2.59. The van der Waals surface area contributed by atoms with Gasteiger partial charge in [0, 0.05) is 40.2 Å². The third-order valence-corrected chi connectivity index (χ3v) is 6.35. The molecule has 3 rings (SSSR count). The molecule has 6 heteroatoms. The van der Waals surface area contributed by atoms with Gasteiger partial charge in [0.1, 0.15) is 0 Å². The fraction of sp³-hybridized carbons (Fsp3) is 0.381. The second-order valence-corrected chi connectivity index (χ2v) is 8.61. The van der Waals surface area contributed by atoms with Gasteiger partial charge in [0.2, 0.25) is 0 Å². The van der Waals surface area contributed by atoms with Crippen molar-refractivity contribution in [1.29, 1.82) is 0 Å². The molecule has 1 N–H and O–H groups in total. The van der Waals surface area contributed by atoms with Gasteiger partial charge in [-0.3, -0.25) is 9.69 Å². The van der Waals surface area contributed by atoms with E-state index in [1.54, 1.807) is 11.8 Å². The number of nitrogens with zero attached hydrogens (tertiary/aromatic N) is 1. The van der Waals surface area contributed by atoms with Crippen molar-refractivity contribution in [1.82, 2.24) is 10.2 Å². The highest BCUT2D eigenvalue weighted by atomic mass is 35.5. The van der Waals surface area contributed by atoms with Gasteiger partial charge in [-0.1, -0.05) is 41.4 Å². The Kier molecular flexibility index (Phi) is 7.89. The second-order valence-electron chi connectivity index (χ2n) is 6.69. The number of halogens is 2. The molecule has 0 atom stereocenters. The minimum atomic E-state index is -0.0286. The molecule has 2 aromatic carbocycles. The minimum Gasteiger partial charge on any atom is -0.351 e. The van der Waals surface area contributed by atoms with Crippen LogP contribution in [-0.2, 0) is 12.3 Å². The molecule has 1 aliphatic rings. The van der Waals surface area contributed by atoms with Crippen LogP contribution in [0.1, 0.15) is 34.3 Å². The Hall–Kier alpha value is -1.20. The molecule has 1 aliphatic heterocycles. The maximum absolute atomic E-state index is 12.3. The number of carbonyl (C=O) groups is 1. The number of hydrogen-bond donors (Lipinski definition) is 1. The molecule has 0 radical (unpaired) electrons. The number of thioether (sulfide) groups is 1. The van der Waals surface area contributed by atoms with E-state index in [4.69, 9.17) is 23.2 Å². The van der Waals surface area contributed by atoms with Crippen LogP contribution in [-0.4, -0.2) is 36.2 Å². The van der Waals surface area contributed by atoms with Crippen molar-refractivity contribution in [3.8, 4) is 0 Å². The van der Waals surface area contributed by atoms with Crippen molar-refractivity contribution >= 4 is 40.9 Å². The number of benzene rings is 2. The largest absolute Gasteiger partial charge is 0.351 e. The molecule has 1 heterocycles. The number of carbonyl (C=O) groups excluding carboxylic acids is 1. The van der Waals surface area contributed by atoms with Crippen molar-refractivity contribution in [3.63, 3.8) is 0 Å².